The van der Waals surface area contributed by atoms with Gasteiger partial charge >= 0.3 is 0 Å². The van der Waals surface area contributed by atoms with Gasteiger partial charge in [-0.25, -0.2) is 20.1 Å². The van der Waals surface area contributed by atoms with Gasteiger partial charge in [-0.1, -0.05) is 0 Å². The van der Waals surface area contributed by atoms with Crippen molar-refractivity contribution >= 4 is 20.1 Å². The van der Waals surface area contributed by atoms with Crippen molar-refractivity contribution in [2.45, 2.75) is 25.4 Å². The first-order valence-corrected chi connectivity index (χ1v) is 14.4. The van der Waals surface area contributed by atoms with Crippen LogP contribution in [0.5, 0.6) is 0 Å². The molecule has 0 amide bonds. The van der Waals surface area contributed by atoms with Crippen LogP contribution in [0.25, 0.3) is 0 Å². The second-order valence-corrected chi connectivity index (χ2v) is 17.9. The summed E-state index contributed by atoms with van der Waals surface area (Å²) in [6.45, 7) is 2.76. The molecule has 2 fully saturated rings. The summed E-state index contributed by atoms with van der Waals surface area (Å²) in [7, 11) is -0.980. The maximum absolute atomic E-state index is 5.95. The van der Waals surface area contributed by atoms with E-state index in [9.17, 15) is 0 Å². The van der Waals surface area contributed by atoms with Gasteiger partial charge in [-0.3, -0.25) is 0 Å². The molecule has 2 heterocycles. The Kier molecular flexibility index (Phi) is 6.76. The molecule has 2 saturated heterocycles. The summed E-state index contributed by atoms with van der Waals surface area (Å²) in [5.41, 5.74) is -0.101. The quantitative estimate of drug-likeness (QED) is 0.722. The van der Waals surface area contributed by atoms with Crippen LogP contribution < -0.4 is 0 Å². The second-order valence-electron chi connectivity index (χ2n) is 8.77. The molecule has 0 bridgehead atoms. The lowest BCUT2D eigenvalue weighted by molar-refractivity contribution is -0.302. The van der Waals surface area contributed by atoms with E-state index in [-0.39, 0.29) is 18.0 Å². The van der Waals surface area contributed by atoms with Crippen LogP contribution in [0, 0.1) is 5.41 Å². The minimum Gasteiger partial charge on any atom is -0.352 e. The SMILES string of the molecule is CS(C)(C)CCC1OCC2(CO1)COC(CCS(C)(C)C)OC2. The molecule has 0 atom stereocenters. The Labute approximate surface area is 145 Å². The molecule has 0 radical (unpaired) electrons. The average molecular weight is 369 g/mol. The normalized spacial score (nSPS) is 34.5. The number of rotatable bonds is 6. The van der Waals surface area contributed by atoms with Gasteiger partial charge in [-0.15, -0.1) is 0 Å². The van der Waals surface area contributed by atoms with Gasteiger partial charge in [0.15, 0.2) is 12.6 Å². The van der Waals surface area contributed by atoms with Crippen LogP contribution in [0.1, 0.15) is 12.8 Å². The molecule has 0 aliphatic carbocycles. The molecule has 0 N–H and O–H groups in total. The first kappa shape index (κ1) is 19.9. The van der Waals surface area contributed by atoms with E-state index < -0.39 is 20.1 Å². The predicted molar refractivity (Wildman–Crippen MR) is 104 cm³/mol. The summed E-state index contributed by atoms with van der Waals surface area (Å²) in [6.07, 6.45) is 15.9. The maximum atomic E-state index is 5.95. The van der Waals surface area contributed by atoms with Crippen molar-refractivity contribution in [2.75, 3.05) is 75.5 Å². The molecule has 2 rings (SSSR count). The highest BCUT2D eigenvalue weighted by molar-refractivity contribution is 8.32. The highest BCUT2D eigenvalue weighted by Crippen LogP contribution is 2.39. The van der Waals surface area contributed by atoms with E-state index in [2.05, 4.69) is 37.5 Å². The standard InChI is InChI=1S/C17H36O4S2/c1-22(2,3)9-7-15-18-11-17(12-19-15)13-20-16(21-14-17)8-10-23(4,5)6/h15-16H,7-14H2,1-6H3. The third kappa shape index (κ3) is 7.12. The molecule has 0 aromatic carbocycles. The topological polar surface area (TPSA) is 36.9 Å². The molecule has 2 aliphatic rings. The number of hydrogen-bond acceptors (Lipinski definition) is 4. The van der Waals surface area contributed by atoms with Crippen molar-refractivity contribution in [1.29, 1.82) is 0 Å². The van der Waals surface area contributed by atoms with Crippen molar-refractivity contribution in [3.8, 4) is 0 Å². The molecular weight excluding hydrogens is 332 g/mol. The Bertz CT molecular complexity index is 320. The summed E-state index contributed by atoms with van der Waals surface area (Å²) in [5, 5.41) is 0. The van der Waals surface area contributed by atoms with Gasteiger partial charge in [-0.2, -0.15) is 0 Å². The zero-order valence-electron chi connectivity index (χ0n) is 15.8. The lowest BCUT2D eigenvalue weighted by Crippen LogP contribution is -2.52. The zero-order chi connectivity index (χ0) is 17.1. The molecule has 0 aromatic heterocycles. The maximum Gasteiger partial charge on any atom is 0.158 e. The third-order valence-electron chi connectivity index (χ3n) is 4.23. The second kappa shape index (κ2) is 7.83. The van der Waals surface area contributed by atoms with Gasteiger partial charge in [-0.05, 0) is 49.0 Å². The van der Waals surface area contributed by atoms with E-state index in [1.54, 1.807) is 0 Å². The fraction of sp³-hybridized carbons (Fsp3) is 1.00. The Hall–Kier alpha value is 0.540. The minimum atomic E-state index is -0.490. The average Bonchev–Trinajstić information content (AvgIpc) is 2.45. The van der Waals surface area contributed by atoms with Crippen molar-refractivity contribution < 1.29 is 18.9 Å². The lowest BCUT2D eigenvalue weighted by Gasteiger charge is -2.44. The molecule has 0 aromatic rings. The van der Waals surface area contributed by atoms with Crippen LogP contribution in [0.3, 0.4) is 0 Å². The van der Waals surface area contributed by atoms with Crippen molar-refractivity contribution in [3.63, 3.8) is 0 Å². The lowest BCUT2D eigenvalue weighted by atomic mass is 9.90. The van der Waals surface area contributed by atoms with Gasteiger partial charge in [0.05, 0.1) is 31.8 Å². The summed E-state index contributed by atoms with van der Waals surface area (Å²) in [4.78, 5) is 0. The molecule has 140 valence electrons. The zero-order valence-corrected chi connectivity index (χ0v) is 17.4. The largest absolute Gasteiger partial charge is 0.352 e. The van der Waals surface area contributed by atoms with Crippen LogP contribution in [0.4, 0.5) is 0 Å². The highest BCUT2D eigenvalue weighted by Gasteiger charge is 2.42. The van der Waals surface area contributed by atoms with Gasteiger partial charge in [0, 0.05) is 12.8 Å². The van der Waals surface area contributed by atoms with Crippen LogP contribution in [-0.2, 0) is 18.9 Å². The van der Waals surface area contributed by atoms with E-state index >= 15 is 0 Å². The molecule has 2 aliphatic heterocycles. The summed E-state index contributed by atoms with van der Waals surface area (Å²) in [6, 6.07) is 0. The Morgan fingerprint density at radius 2 is 0.957 bits per heavy atom. The van der Waals surface area contributed by atoms with E-state index in [0.717, 1.165) is 12.8 Å². The van der Waals surface area contributed by atoms with E-state index in [4.69, 9.17) is 18.9 Å². The molecule has 0 unspecified atom stereocenters. The Morgan fingerprint density at radius 1 is 0.652 bits per heavy atom. The predicted octanol–water partition coefficient (Wildman–Crippen LogP) is 2.89. The van der Waals surface area contributed by atoms with Gasteiger partial charge in [0.25, 0.3) is 0 Å². The first-order chi connectivity index (χ1) is 10.6. The molecule has 6 heteroatoms. The fourth-order valence-electron chi connectivity index (χ4n) is 2.66. The molecular formula is C17H36O4S2. The Morgan fingerprint density at radius 3 is 1.22 bits per heavy atom. The third-order valence-corrected chi connectivity index (χ3v) is 7.15. The summed E-state index contributed by atoms with van der Waals surface area (Å²) in [5.74, 6) is 2.38. The Balaban J connectivity index is 1.69. The van der Waals surface area contributed by atoms with E-state index in [1.165, 1.54) is 11.5 Å². The number of ether oxygens (including phenoxy) is 4. The smallest absolute Gasteiger partial charge is 0.158 e. The van der Waals surface area contributed by atoms with E-state index in [0.29, 0.717) is 26.4 Å². The molecule has 23 heavy (non-hydrogen) atoms. The highest BCUT2D eigenvalue weighted by atomic mass is 32.3. The molecule has 1 spiro atoms. The van der Waals surface area contributed by atoms with Gasteiger partial charge in [0.2, 0.25) is 0 Å². The van der Waals surface area contributed by atoms with Crippen LogP contribution in [-0.4, -0.2) is 88.0 Å². The van der Waals surface area contributed by atoms with Crippen molar-refractivity contribution in [2.24, 2.45) is 5.41 Å². The van der Waals surface area contributed by atoms with E-state index in [1.807, 2.05) is 0 Å². The minimum absolute atomic E-state index is 0.0467. The van der Waals surface area contributed by atoms with Crippen LogP contribution in [0.15, 0.2) is 0 Å². The molecule has 4 nitrogen and oxygen atoms in total. The first-order valence-electron chi connectivity index (χ1n) is 8.36. The summed E-state index contributed by atoms with van der Waals surface area (Å²) >= 11 is 0. The van der Waals surface area contributed by atoms with Crippen LogP contribution >= 0.6 is 20.1 Å². The van der Waals surface area contributed by atoms with Crippen molar-refractivity contribution in [1.82, 2.24) is 0 Å². The van der Waals surface area contributed by atoms with Gasteiger partial charge in [0.1, 0.15) is 0 Å². The summed E-state index contributed by atoms with van der Waals surface area (Å²) < 4.78 is 23.8. The monoisotopic (exact) mass is 368 g/mol. The van der Waals surface area contributed by atoms with Gasteiger partial charge < -0.3 is 18.9 Å². The number of hydrogen-bond donors (Lipinski definition) is 0. The molecule has 0 saturated carbocycles. The van der Waals surface area contributed by atoms with Crippen molar-refractivity contribution in [3.05, 3.63) is 0 Å². The fourth-order valence-corrected chi connectivity index (χ4v) is 4.46. The van der Waals surface area contributed by atoms with Crippen LogP contribution in [0.2, 0.25) is 0 Å².